The third kappa shape index (κ3) is 2.34. The van der Waals surface area contributed by atoms with E-state index in [1.54, 1.807) is 13.2 Å². The molecule has 0 saturated carbocycles. The molecule has 1 N–H and O–H groups in total. The molecule has 0 spiro atoms. The minimum atomic E-state index is -0.277. The number of methoxy groups -OCH3 is 1. The van der Waals surface area contributed by atoms with E-state index in [0.717, 1.165) is 11.3 Å². The summed E-state index contributed by atoms with van der Waals surface area (Å²) >= 11 is 0. The van der Waals surface area contributed by atoms with Crippen molar-refractivity contribution in [2.45, 2.75) is 6.04 Å². The summed E-state index contributed by atoms with van der Waals surface area (Å²) in [6, 6.07) is 12.2. The summed E-state index contributed by atoms with van der Waals surface area (Å²) in [5.41, 5.74) is 1.73. The normalized spacial score (nSPS) is 17.1. The number of nitrogens with one attached hydrogen (secondary N) is 1. The van der Waals surface area contributed by atoms with Crippen molar-refractivity contribution < 1.29 is 13.9 Å². The van der Waals surface area contributed by atoms with Crippen molar-refractivity contribution >= 4 is 5.69 Å². The molecule has 0 fully saturated rings. The topological polar surface area (TPSA) is 30.5 Å². The van der Waals surface area contributed by atoms with Crippen molar-refractivity contribution in [1.82, 2.24) is 0 Å². The second kappa shape index (κ2) is 4.80. The third-order valence-electron chi connectivity index (χ3n) is 3.17. The second-order valence-corrected chi connectivity index (χ2v) is 4.43. The number of ether oxygens (including phenoxy) is 2. The van der Waals surface area contributed by atoms with Crippen LogP contribution in [0.5, 0.6) is 11.5 Å². The van der Waals surface area contributed by atoms with Crippen LogP contribution in [0.15, 0.2) is 42.5 Å². The molecule has 19 heavy (non-hydrogen) atoms. The lowest BCUT2D eigenvalue weighted by atomic mass is 10.1. The molecule has 1 aliphatic rings. The highest BCUT2D eigenvalue weighted by atomic mass is 19.1. The maximum atomic E-state index is 13.2. The van der Waals surface area contributed by atoms with Gasteiger partial charge in [-0.1, -0.05) is 12.1 Å². The lowest BCUT2D eigenvalue weighted by molar-refractivity contribution is 0.285. The fourth-order valence-corrected chi connectivity index (χ4v) is 2.18. The van der Waals surface area contributed by atoms with Gasteiger partial charge in [0.2, 0.25) is 0 Å². The van der Waals surface area contributed by atoms with E-state index >= 15 is 0 Å². The van der Waals surface area contributed by atoms with Gasteiger partial charge in [0.25, 0.3) is 0 Å². The monoisotopic (exact) mass is 259 g/mol. The molecular formula is C15H14FNO2. The molecule has 4 heteroatoms. The van der Waals surface area contributed by atoms with Crippen LogP contribution in [0.1, 0.15) is 11.6 Å². The molecule has 2 aromatic carbocycles. The van der Waals surface area contributed by atoms with Crippen molar-refractivity contribution in [3.63, 3.8) is 0 Å². The number of hydrogen-bond acceptors (Lipinski definition) is 3. The average Bonchev–Trinajstić information content (AvgIpc) is 2.46. The summed E-state index contributed by atoms with van der Waals surface area (Å²) in [4.78, 5) is 0. The van der Waals surface area contributed by atoms with E-state index in [0.29, 0.717) is 18.0 Å². The first kappa shape index (κ1) is 11.8. The van der Waals surface area contributed by atoms with Gasteiger partial charge in [-0.3, -0.25) is 0 Å². The fourth-order valence-electron chi connectivity index (χ4n) is 2.18. The Kier molecular flexibility index (Phi) is 2.99. The van der Waals surface area contributed by atoms with E-state index in [1.165, 1.54) is 12.1 Å². The Bertz CT molecular complexity index is 600. The molecule has 1 heterocycles. The quantitative estimate of drug-likeness (QED) is 0.896. The van der Waals surface area contributed by atoms with Crippen molar-refractivity contribution in [1.29, 1.82) is 0 Å². The van der Waals surface area contributed by atoms with Crippen LogP contribution in [0.4, 0.5) is 10.1 Å². The van der Waals surface area contributed by atoms with Crippen LogP contribution in [0.2, 0.25) is 0 Å². The second-order valence-electron chi connectivity index (χ2n) is 4.43. The van der Waals surface area contributed by atoms with Crippen LogP contribution in [0.25, 0.3) is 0 Å². The van der Waals surface area contributed by atoms with Gasteiger partial charge in [0.05, 0.1) is 18.8 Å². The van der Waals surface area contributed by atoms with Gasteiger partial charge in [-0.2, -0.15) is 0 Å². The van der Waals surface area contributed by atoms with E-state index in [9.17, 15) is 4.39 Å². The molecule has 0 saturated heterocycles. The minimum absolute atomic E-state index is 0.00981. The van der Waals surface area contributed by atoms with Gasteiger partial charge < -0.3 is 14.8 Å². The Morgan fingerprint density at radius 1 is 1.26 bits per heavy atom. The zero-order chi connectivity index (χ0) is 13.2. The number of anilines is 1. The van der Waals surface area contributed by atoms with Gasteiger partial charge in [-0.05, 0) is 29.8 Å². The summed E-state index contributed by atoms with van der Waals surface area (Å²) in [6.07, 6.45) is 0. The molecule has 1 aliphatic heterocycles. The SMILES string of the molecule is COc1cccc(C2COc3ccc(F)cc3N2)c1. The summed E-state index contributed by atoms with van der Waals surface area (Å²) in [6.45, 7) is 0.506. The summed E-state index contributed by atoms with van der Waals surface area (Å²) in [5, 5.41) is 3.28. The van der Waals surface area contributed by atoms with Gasteiger partial charge in [0.1, 0.15) is 23.9 Å². The summed E-state index contributed by atoms with van der Waals surface area (Å²) in [7, 11) is 1.63. The van der Waals surface area contributed by atoms with Gasteiger partial charge in [0, 0.05) is 6.07 Å². The van der Waals surface area contributed by atoms with Gasteiger partial charge in [-0.15, -0.1) is 0 Å². The van der Waals surface area contributed by atoms with Crippen molar-refractivity contribution in [2.24, 2.45) is 0 Å². The molecule has 1 unspecified atom stereocenters. The van der Waals surface area contributed by atoms with Gasteiger partial charge >= 0.3 is 0 Å². The Morgan fingerprint density at radius 2 is 2.16 bits per heavy atom. The number of halogens is 1. The minimum Gasteiger partial charge on any atom is -0.497 e. The molecule has 1 atom stereocenters. The maximum absolute atomic E-state index is 13.2. The van der Waals surface area contributed by atoms with E-state index in [1.807, 2.05) is 24.3 Å². The van der Waals surface area contributed by atoms with E-state index < -0.39 is 0 Å². The van der Waals surface area contributed by atoms with Crippen LogP contribution in [0, 0.1) is 5.82 Å². The zero-order valence-electron chi connectivity index (χ0n) is 10.5. The Morgan fingerprint density at radius 3 is 3.00 bits per heavy atom. The summed E-state index contributed by atoms with van der Waals surface area (Å²) < 4.78 is 24.1. The molecule has 0 aliphatic carbocycles. The first-order chi connectivity index (χ1) is 9.26. The number of rotatable bonds is 2. The predicted octanol–water partition coefficient (Wildman–Crippen LogP) is 3.38. The first-order valence-corrected chi connectivity index (χ1v) is 6.09. The third-order valence-corrected chi connectivity index (χ3v) is 3.17. The molecule has 0 aromatic heterocycles. The Hall–Kier alpha value is -2.23. The summed E-state index contributed by atoms with van der Waals surface area (Å²) in [5.74, 6) is 1.20. The van der Waals surface area contributed by atoms with Crippen LogP contribution < -0.4 is 14.8 Å². The zero-order valence-corrected chi connectivity index (χ0v) is 10.5. The van der Waals surface area contributed by atoms with Crippen LogP contribution in [-0.4, -0.2) is 13.7 Å². The molecular weight excluding hydrogens is 245 g/mol. The number of benzene rings is 2. The standard InChI is InChI=1S/C15H14FNO2/c1-18-12-4-2-3-10(7-12)14-9-19-15-6-5-11(16)8-13(15)17-14/h2-8,14,17H,9H2,1H3. The predicted molar refractivity (Wildman–Crippen MR) is 71.3 cm³/mol. The maximum Gasteiger partial charge on any atom is 0.142 e. The Balaban J connectivity index is 1.88. The number of hydrogen-bond donors (Lipinski definition) is 1. The highest BCUT2D eigenvalue weighted by Gasteiger charge is 2.21. The molecule has 98 valence electrons. The highest BCUT2D eigenvalue weighted by Crippen LogP contribution is 2.34. The lowest BCUT2D eigenvalue weighted by Gasteiger charge is -2.28. The molecule has 3 nitrogen and oxygen atoms in total. The van der Waals surface area contributed by atoms with Crippen LogP contribution >= 0.6 is 0 Å². The highest BCUT2D eigenvalue weighted by molar-refractivity contribution is 5.59. The van der Waals surface area contributed by atoms with Crippen LogP contribution in [0.3, 0.4) is 0 Å². The van der Waals surface area contributed by atoms with Crippen molar-refractivity contribution in [2.75, 3.05) is 19.0 Å². The van der Waals surface area contributed by atoms with E-state index in [4.69, 9.17) is 9.47 Å². The smallest absolute Gasteiger partial charge is 0.142 e. The molecule has 3 rings (SSSR count). The average molecular weight is 259 g/mol. The van der Waals surface area contributed by atoms with Gasteiger partial charge in [-0.25, -0.2) is 4.39 Å². The van der Waals surface area contributed by atoms with Crippen molar-refractivity contribution in [3.05, 3.63) is 53.8 Å². The van der Waals surface area contributed by atoms with Crippen molar-refractivity contribution in [3.8, 4) is 11.5 Å². The number of fused-ring (bicyclic) bond motifs is 1. The molecule has 2 aromatic rings. The van der Waals surface area contributed by atoms with Crippen LogP contribution in [-0.2, 0) is 0 Å². The first-order valence-electron chi connectivity index (χ1n) is 6.09. The van der Waals surface area contributed by atoms with Gasteiger partial charge in [0.15, 0.2) is 0 Å². The van der Waals surface area contributed by atoms with E-state index in [-0.39, 0.29) is 11.9 Å². The Labute approximate surface area is 111 Å². The molecule has 0 amide bonds. The lowest BCUT2D eigenvalue weighted by Crippen LogP contribution is -2.24. The van der Waals surface area contributed by atoms with E-state index in [2.05, 4.69) is 5.32 Å². The largest absolute Gasteiger partial charge is 0.497 e. The molecule has 0 bridgehead atoms. The fraction of sp³-hybridized carbons (Fsp3) is 0.200. The molecule has 0 radical (unpaired) electrons.